The van der Waals surface area contributed by atoms with E-state index < -0.39 is 0 Å². The monoisotopic (exact) mass is 467 g/mol. The summed E-state index contributed by atoms with van der Waals surface area (Å²) < 4.78 is 0. The molecular formula is C23H25N5O4S. The van der Waals surface area contributed by atoms with Gasteiger partial charge in [0.05, 0.1) is 11.9 Å². The Kier molecular flexibility index (Phi) is 6.55. The molecule has 3 N–H and O–H groups in total. The molecule has 4 rings (SSSR count). The normalized spacial score (nSPS) is 13.8. The molecule has 33 heavy (non-hydrogen) atoms. The van der Waals surface area contributed by atoms with Crippen molar-refractivity contribution in [1.29, 1.82) is 0 Å². The van der Waals surface area contributed by atoms with E-state index in [1.807, 2.05) is 13.8 Å². The summed E-state index contributed by atoms with van der Waals surface area (Å²) in [7, 11) is 0. The maximum atomic E-state index is 12.5. The third-order valence-corrected chi connectivity index (χ3v) is 6.79. The highest BCUT2D eigenvalue weighted by atomic mass is 32.1. The molecule has 0 radical (unpaired) electrons. The van der Waals surface area contributed by atoms with Gasteiger partial charge in [-0.15, -0.1) is 11.3 Å². The SMILES string of the molecule is Cc1sc2nc(CCC(=O)NCc3ccc(C(=O)N4CCNC(=O)C4)cc3)[nH]c(=O)c2c1C. The average molecular weight is 468 g/mol. The van der Waals surface area contributed by atoms with Crippen LogP contribution < -0.4 is 16.2 Å². The van der Waals surface area contributed by atoms with Crippen molar-refractivity contribution in [2.75, 3.05) is 19.6 Å². The first-order chi connectivity index (χ1) is 15.8. The fourth-order valence-electron chi connectivity index (χ4n) is 3.70. The second kappa shape index (κ2) is 9.53. The number of hydrogen-bond donors (Lipinski definition) is 3. The summed E-state index contributed by atoms with van der Waals surface area (Å²) in [5, 5.41) is 6.16. The Morgan fingerprint density at radius 2 is 1.94 bits per heavy atom. The number of H-pyrrole nitrogens is 1. The van der Waals surface area contributed by atoms with E-state index in [2.05, 4.69) is 20.6 Å². The molecule has 0 bridgehead atoms. The van der Waals surface area contributed by atoms with Gasteiger partial charge >= 0.3 is 0 Å². The van der Waals surface area contributed by atoms with Crippen molar-refractivity contribution in [3.63, 3.8) is 0 Å². The van der Waals surface area contributed by atoms with Crippen LogP contribution in [0.15, 0.2) is 29.1 Å². The third-order valence-electron chi connectivity index (χ3n) is 5.69. The molecule has 1 aliphatic rings. The molecule has 172 valence electrons. The van der Waals surface area contributed by atoms with E-state index in [-0.39, 0.29) is 36.2 Å². The maximum absolute atomic E-state index is 12.5. The van der Waals surface area contributed by atoms with E-state index in [9.17, 15) is 19.2 Å². The predicted molar refractivity (Wildman–Crippen MR) is 125 cm³/mol. The summed E-state index contributed by atoms with van der Waals surface area (Å²) in [5.74, 6) is -0.00213. The van der Waals surface area contributed by atoms with Gasteiger partial charge in [-0.25, -0.2) is 4.98 Å². The number of nitrogens with zero attached hydrogens (tertiary/aromatic N) is 2. The Morgan fingerprint density at radius 3 is 2.67 bits per heavy atom. The van der Waals surface area contributed by atoms with Gasteiger partial charge in [-0.3, -0.25) is 19.2 Å². The first kappa shape index (κ1) is 22.7. The number of hydrogen-bond acceptors (Lipinski definition) is 6. The van der Waals surface area contributed by atoms with Gasteiger partial charge in [0, 0.05) is 42.9 Å². The number of nitrogens with one attached hydrogen (secondary N) is 3. The number of aromatic amines is 1. The summed E-state index contributed by atoms with van der Waals surface area (Å²) in [6.07, 6.45) is 0.537. The van der Waals surface area contributed by atoms with Gasteiger partial charge in [0.1, 0.15) is 10.7 Å². The Hall–Kier alpha value is -3.53. The predicted octanol–water partition coefficient (Wildman–Crippen LogP) is 1.42. The van der Waals surface area contributed by atoms with E-state index in [4.69, 9.17) is 0 Å². The van der Waals surface area contributed by atoms with Crippen LogP contribution in [-0.4, -0.2) is 52.2 Å². The second-order valence-corrected chi connectivity index (χ2v) is 9.23. The molecule has 1 aromatic carbocycles. The number of aryl methyl sites for hydroxylation is 3. The molecule has 1 aliphatic heterocycles. The number of benzene rings is 1. The summed E-state index contributed by atoms with van der Waals surface area (Å²) >= 11 is 1.48. The van der Waals surface area contributed by atoms with Crippen molar-refractivity contribution >= 4 is 39.3 Å². The quantitative estimate of drug-likeness (QED) is 0.506. The van der Waals surface area contributed by atoms with Crippen molar-refractivity contribution < 1.29 is 14.4 Å². The lowest BCUT2D eigenvalue weighted by molar-refractivity contribution is -0.123. The van der Waals surface area contributed by atoms with E-state index in [0.717, 1.165) is 16.0 Å². The molecule has 0 aliphatic carbocycles. The summed E-state index contributed by atoms with van der Waals surface area (Å²) in [6, 6.07) is 6.97. The van der Waals surface area contributed by atoms with Gasteiger partial charge in [-0.05, 0) is 37.1 Å². The molecule has 0 saturated carbocycles. The van der Waals surface area contributed by atoms with Crippen LogP contribution >= 0.6 is 11.3 Å². The van der Waals surface area contributed by atoms with Crippen LogP contribution in [-0.2, 0) is 22.6 Å². The third kappa shape index (κ3) is 5.11. The number of thiophene rings is 1. The van der Waals surface area contributed by atoms with Gasteiger partial charge in [-0.1, -0.05) is 12.1 Å². The molecular weight excluding hydrogens is 442 g/mol. The molecule has 0 atom stereocenters. The van der Waals surface area contributed by atoms with E-state index in [1.165, 1.54) is 16.2 Å². The van der Waals surface area contributed by atoms with Gasteiger partial charge in [0.15, 0.2) is 0 Å². The van der Waals surface area contributed by atoms with Crippen LogP contribution in [0.2, 0.25) is 0 Å². The molecule has 0 unspecified atom stereocenters. The van der Waals surface area contributed by atoms with Crippen molar-refractivity contribution in [3.8, 4) is 0 Å². The highest BCUT2D eigenvalue weighted by Gasteiger charge is 2.22. The van der Waals surface area contributed by atoms with E-state index in [0.29, 0.717) is 47.7 Å². The zero-order chi connectivity index (χ0) is 23.5. The maximum Gasteiger partial charge on any atom is 0.259 e. The number of amides is 3. The Bertz CT molecular complexity index is 1280. The molecule has 1 fully saturated rings. The van der Waals surface area contributed by atoms with Gasteiger partial charge in [-0.2, -0.15) is 0 Å². The molecule has 3 aromatic rings. The molecule has 2 aromatic heterocycles. The zero-order valence-electron chi connectivity index (χ0n) is 18.5. The molecule has 1 saturated heterocycles. The lowest BCUT2D eigenvalue weighted by Gasteiger charge is -2.26. The number of rotatable bonds is 6. The fraction of sp³-hybridized carbons (Fsp3) is 0.348. The van der Waals surface area contributed by atoms with Crippen LogP contribution in [0.4, 0.5) is 0 Å². The van der Waals surface area contributed by atoms with Crippen molar-refractivity contribution in [3.05, 3.63) is 62.0 Å². The Balaban J connectivity index is 1.29. The van der Waals surface area contributed by atoms with Crippen molar-refractivity contribution in [2.24, 2.45) is 0 Å². The van der Waals surface area contributed by atoms with Gasteiger partial charge in [0.2, 0.25) is 11.8 Å². The molecule has 3 heterocycles. The number of carbonyl (C=O) groups is 3. The summed E-state index contributed by atoms with van der Waals surface area (Å²) in [6.45, 7) is 5.20. The van der Waals surface area contributed by atoms with Crippen molar-refractivity contribution in [2.45, 2.75) is 33.2 Å². The van der Waals surface area contributed by atoms with Crippen LogP contribution in [0.3, 0.4) is 0 Å². The Labute approximate surface area is 194 Å². The number of piperazine rings is 1. The zero-order valence-corrected chi connectivity index (χ0v) is 19.3. The van der Waals surface area contributed by atoms with Crippen LogP contribution in [0.25, 0.3) is 10.2 Å². The Morgan fingerprint density at radius 1 is 1.18 bits per heavy atom. The lowest BCUT2D eigenvalue weighted by Crippen LogP contribution is -2.49. The van der Waals surface area contributed by atoms with Crippen LogP contribution in [0.5, 0.6) is 0 Å². The standard InChI is InChI=1S/C23H25N5O4S/c1-13-14(2)33-22-20(13)21(31)26-17(27-22)7-8-18(29)25-11-15-3-5-16(6-4-15)23(32)28-10-9-24-19(30)12-28/h3-6H,7-12H2,1-2H3,(H,24,30)(H,25,29)(H,26,27,31). The van der Waals surface area contributed by atoms with E-state index >= 15 is 0 Å². The largest absolute Gasteiger partial charge is 0.353 e. The van der Waals surface area contributed by atoms with E-state index in [1.54, 1.807) is 24.3 Å². The number of fused-ring (bicyclic) bond motifs is 1. The number of aromatic nitrogens is 2. The average Bonchev–Trinajstić information content (AvgIpc) is 3.09. The molecule has 9 nitrogen and oxygen atoms in total. The molecule has 3 amide bonds. The molecule has 0 spiro atoms. The first-order valence-electron chi connectivity index (χ1n) is 10.7. The second-order valence-electron chi connectivity index (χ2n) is 8.03. The van der Waals surface area contributed by atoms with Crippen LogP contribution in [0, 0.1) is 13.8 Å². The minimum absolute atomic E-state index is 0.0649. The first-order valence-corrected chi connectivity index (χ1v) is 11.5. The highest BCUT2D eigenvalue weighted by molar-refractivity contribution is 7.18. The minimum atomic E-state index is -0.185. The van der Waals surface area contributed by atoms with Crippen LogP contribution in [0.1, 0.15) is 38.6 Å². The van der Waals surface area contributed by atoms with Crippen molar-refractivity contribution in [1.82, 2.24) is 25.5 Å². The number of carbonyl (C=O) groups excluding carboxylic acids is 3. The van der Waals surface area contributed by atoms with Gasteiger partial charge < -0.3 is 20.5 Å². The summed E-state index contributed by atoms with van der Waals surface area (Å²) in [4.78, 5) is 59.2. The minimum Gasteiger partial charge on any atom is -0.353 e. The summed E-state index contributed by atoms with van der Waals surface area (Å²) in [5.41, 5.74) is 2.14. The smallest absolute Gasteiger partial charge is 0.259 e. The van der Waals surface area contributed by atoms with Gasteiger partial charge in [0.25, 0.3) is 11.5 Å². The fourth-order valence-corrected chi connectivity index (χ4v) is 4.75. The molecule has 10 heteroatoms. The lowest BCUT2D eigenvalue weighted by atomic mass is 10.1. The topological polar surface area (TPSA) is 124 Å². The highest BCUT2D eigenvalue weighted by Crippen LogP contribution is 2.25.